The average Bonchev–Trinajstić information content (AvgIpc) is 3.33. The molecule has 0 saturated carbocycles. The molecule has 3 rings (SSSR count). The Balaban J connectivity index is 1.55. The van der Waals surface area contributed by atoms with Gasteiger partial charge in [-0.05, 0) is 29.3 Å². The van der Waals surface area contributed by atoms with Crippen molar-refractivity contribution >= 4 is 39.6 Å². The fourth-order valence-electron chi connectivity index (χ4n) is 3.03. The zero-order valence-electron chi connectivity index (χ0n) is 16.6. The zero-order chi connectivity index (χ0) is 20.6. The van der Waals surface area contributed by atoms with Gasteiger partial charge in [0, 0.05) is 10.3 Å². The zero-order valence-corrected chi connectivity index (χ0v) is 18.2. The number of anilines is 1. The fourth-order valence-corrected chi connectivity index (χ4v) is 4.46. The van der Waals surface area contributed by atoms with Gasteiger partial charge in [0.05, 0.1) is 24.6 Å². The topological polar surface area (TPSA) is 71.1 Å². The first-order valence-corrected chi connectivity index (χ1v) is 11.4. The van der Waals surface area contributed by atoms with E-state index in [1.54, 1.807) is 11.3 Å². The van der Waals surface area contributed by atoms with Crippen LogP contribution < -0.4 is 10.6 Å². The maximum Gasteiger partial charge on any atom is 0.231 e. The van der Waals surface area contributed by atoms with E-state index in [2.05, 4.69) is 29.5 Å². The summed E-state index contributed by atoms with van der Waals surface area (Å²) in [6, 6.07) is 13.9. The molecule has 1 atom stereocenters. The number of thiophene rings is 1. The van der Waals surface area contributed by atoms with Crippen LogP contribution in [0.15, 0.2) is 53.2 Å². The number of thiazole rings is 1. The highest BCUT2D eigenvalue weighted by molar-refractivity contribution is 7.14. The Morgan fingerprint density at radius 3 is 2.48 bits per heavy atom. The van der Waals surface area contributed by atoms with E-state index in [9.17, 15) is 9.59 Å². The van der Waals surface area contributed by atoms with Gasteiger partial charge < -0.3 is 10.6 Å². The first-order valence-electron chi connectivity index (χ1n) is 9.60. The van der Waals surface area contributed by atoms with E-state index in [0.717, 1.165) is 16.9 Å². The normalized spacial score (nSPS) is 12.0. The van der Waals surface area contributed by atoms with Gasteiger partial charge in [-0.25, -0.2) is 4.98 Å². The Kier molecular flexibility index (Phi) is 7.55. The van der Waals surface area contributed by atoms with Gasteiger partial charge in [0.15, 0.2) is 5.13 Å². The molecule has 0 spiro atoms. The van der Waals surface area contributed by atoms with E-state index in [0.29, 0.717) is 23.2 Å². The molecule has 0 fully saturated rings. The molecule has 2 heterocycles. The summed E-state index contributed by atoms with van der Waals surface area (Å²) in [5.41, 5.74) is 1.77. The van der Waals surface area contributed by atoms with Crippen molar-refractivity contribution in [3.63, 3.8) is 0 Å². The van der Waals surface area contributed by atoms with Crippen molar-refractivity contribution in [2.24, 2.45) is 5.92 Å². The van der Waals surface area contributed by atoms with Crippen LogP contribution in [0.2, 0.25) is 0 Å². The van der Waals surface area contributed by atoms with Gasteiger partial charge in [-0.15, -0.1) is 22.7 Å². The number of aromatic nitrogens is 1. The van der Waals surface area contributed by atoms with E-state index in [1.807, 2.05) is 53.2 Å². The van der Waals surface area contributed by atoms with Gasteiger partial charge >= 0.3 is 0 Å². The summed E-state index contributed by atoms with van der Waals surface area (Å²) < 4.78 is 0. The highest BCUT2D eigenvalue weighted by Gasteiger charge is 2.17. The maximum atomic E-state index is 12.6. The standard InChI is InChI=1S/C22H25N3O2S2/c1-15(2)11-19(16-7-4-3-5-8-16)24-20(26)12-17-14-29-22(23-17)25-21(27)13-18-9-6-10-28-18/h3-10,14-15,19H,11-13H2,1-2H3,(H,24,26)(H,23,25,27). The maximum absolute atomic E-state index is 12.6. The molecule has 29 heavy (non-hydrogen) atoms. The van der Waals surface area contributed by atoms with Crippen molar-refractivity contribution in [1.29, 1.82) is 0 Å². The summed E-state index contributed by atoms with van der Waals surface area (Å²) in [5, 5.41) is 10.2. The van der Waals surface area contributed by atoms with E-state index in [-0.39, 0.29) is 24.3 Å². The molecule has 0 aliphatic heterocycles. The second kappa shape index (κ2) is 10.3. The number of nitrogens with one attached hydrogen (secondary N) is 2. The molecule has 1 unspecified atom stereocenters. The SMILES string of the molecule is CC(C)CC(NC(=O)Cc1csc(NC(=O)Cc2cccs2)n1)c1ccccc1. The molecule has 0 aliphatic carbocycles. The smallest absolute Gasteiger partial charge is 0.231 e. The van der Waals surface area contributed by atoms with Crippen molar-refractivity contribution in [1.82, 2.24) is 10.3 Å². The van der Waals surface area contributed by atoms with Crippen molar-refractivity contribution in [2.45, 2.75) is 39.2 Å². The lowest BCUT2D eigenvalue weighted by Gasteiger charge is -2.21. The first-order chi connectivity index (χ1) is 14.0. The third kappa shape index (κ3) is 6.80. The number of carbonyl (C=O) groups is 2. The summed E-state index contributed by atoms with van der Waals surface area (Å²) in [5.74, 6) is 0.296. The van der Waals surface area contributed by atoms with Crippen LogP contribution >= 0.6 is 22.7 Å². The van der Waals surface area contributed by atoms with Gasteiger partial charge in [0.2, 0.25) is 11.8 Å². The highest BCUT2D eigenvalue weighted by atomic mass is 32.1. The van der Waals surface area contributed by atoms with Gasteiger partial charge in [-0.1, -0.05) is 50.2 Å². The largest absolute Gasteiger partial charge is 0.349 e. The predicted octanol–water partition coefficient (Wildman–Crippen LogP) is 4.83. The summed E-state index contributed by atoms with van der Waals surface area (Å²) in [6.45, 7) is 4.29. The van der Waals surface area contributed by atoms with Crippen LogP contribution in [0, 0.1) is 5.92 Å². The minimum absolute atomic E-state index is 0.0210. The van der Waals surface area contributed by atoms with E-state index in [1.165, 1.54) is 11.3 Å². The van der Waals surface area contributed by atoms with E-state index >= 15 is 0 Å². The fraction of sp³-hybridized carbons (Fsp3) is 0.318. The molecule has 152 valence electrons. The second-order valence-electron chi connectivity index (χ2n) is 7.29. The summed E-state index contributed by atoms with van der Waals surface area (Å²) in [4.78, 5) is 30.1. The molecular formula is C22H25N3O2S2. The quantitative estimate of drug-likeness (QED) is 0.514. The number of hydrogen-bond donors (Lipinski definition) is 2. The molecule has 1 aromatic carbocycles. The Bertz CT molecular complexity index is 921. The minimum atomic E-state index is -0.0983. The Labute approximate surface area is 179 Å². The van der Waals surface area contributed by atoms with Crippen LogP contribution in [0.5, 0.6) is 0 Å². The third-order valence-corrected chi connectivity index (χ3v) is 5.98. The highest BCUT2D eigenvalue weighted by Crippen LogP contribution is 2.22. The Morgan fingerprint density at radius 2 is 1.79 bits per heavy atom. The minimum Gasteiger partial charge on any atom is -0.349 e. The van der Waals surface area contributed by atoms with Crippen molar-refractivity contribution in [3.8, 4) is 0 Å². The van der Waals surface area contributed by atoms with E-state index < -0.39 is 0 Å². The number of benzene rings is 1. The molecule has 5 nitrogen and oxygen atoms in total. The molecular weight excluding hydrogens is 402 g/mol. The predicted molar refractivity (Wildman–Crippen MR) is 119 cm³/mol. The Morgan fingerprint density at radius 1 is 1.00 bits per heavy atom. The number of hydrogen-bond acceptors (Lipinski definition) is 5. The van der Waals surface area contributed by atoms with Crippen molar-refractivity contribution in [3.05, 3.63) is 69.4 Å². The molecule has 2 N–H and O–H groups in total. The van der Waals surface area contributed by atoms with Crippen LogP contribution in [0.4, 0.5) is 5.13 Å². The first kappa shape index (κ1) is 21.2. The van der Waals surface area contributed by atoms with Crippen molar-refractivity contribution in [2.75, 3.05) is 5.32 Å². The van der Waals surface area contributed by atoms with Gasteiger partial charge in [0.1, 0.15) is 0 Å². The summed E-state index contributed by atoms with van der Waals surface area (Å²) in [7, 11) is 0. The van der Waals surface area contributed by atoms with Crippen LogP contribution in [-0.2, 0) is 22.4 Å². The Hall–Kier alpha value is -2.51. The molecule has 0 saturated heterocycles. The van der Waals surface area contributed by atoms with Crippen molar-refractivity contribution < 1.29 is 9.59 Å². The lowest BCUT2D eigenvalue weighted by atomic mass is 9.97. The van der Waals surface area contributed by atoms with Crippen LogP contribution in [-0.4, -0.2) is 16.8 Å². The molecule has 2 amide bonds. The monoisotopic (exact) mass is 427 g/mol. The molecule has 0 aliphatic rings. The third-order valence-electron chi connectivity index (χ3n) is 4.30. The summed E-state index contributed by atoms with van der Waals surface area (Å²) >= 11 is 2.89. The molecule has 2 aromatic heterocycles. The average molecular weight is 428 g/mol. The number of amides is 2. The van der Waals surface area contributed by atoms with Gasteiger partial charge in [0.25, 0.3) is 0 Å². The van der Waals surface area contributed by atoms with Gasteiger partial charge in [-0.2, -0.15) is 0 Å². The number of rotatable bonds is 9. The van der Waals surface area contributed by atoms with Crippen LogP contribution in [0.25, 0.3) is 0 Å². The summed E-state index contributed by atoms with van der Waals surface area (Å²) in [6.07, 6.45) is 1.40. The lowest BCUT2D eigenvalue weighted by Crippen LogP contribution is -2.30. The molecule has 3 aromatic rings. The lowest BCUT2D eigenvalue weighted by molar-refractivity contribution is -0.121. The van der Waals surface area contributed by atoms with E-state index in [4.69, 9.17) is 0 Å². The number of carbonyl (C=O) groups excluding carboxylic acids is 2. The second-order valence-corrected chi connectivity index (χ2v) is 9.18. The van der Waals surface area contributed by atoms with Crippen LogP contribution in [0.1, 0.15) is 42.4 Å². The molecule has 0 radical (unpaired) electrons. The number of nitrogens with zero attached hydrogens (tertiary/aromatic N) is 1. The molecule has 0 bridgehead atoms. The van der Waals surface area contributed by atoms with Gasteiger partial charge in [-0.3, -0.25) is 9.59 Å². The van der Waals surface area contributed by atoms with Crippen LogP contribution in [0.3, 0.4) is 0 Å². The molecule has 7 heteroatoms.